The molecule has 1 unspecified atom stereocenters. The van der Waals surface area contributed by atoms with Gasteiger partial charge >= 0.3 is 6.09 Å². The van der Waals surface area contributed by atoms with Gasteiger partial charge in [-0.25, -0.2) is 9.18 Å². The maximum absolute atomic E-state index is 13.4. The van der Waals surface area contributed by atoms with Crippen molar-refractivity contribution in [3.63, 3.8) is 0 Å². The molecule has 34 heavy (non-hydrogen) atoms. The number of amides is 1. The fraction of sp³-hybridized carbons (Fsp3) is 0.222. The predicted octanol–water partition coefficient (Wildman–Crippen LogP) is 6.52. The molecule has 0 aliphatic carbocycles. The third kappa shape index (κ3) is 3.99. The molecule has 0 N–H and O–H groups in total. The van der Waals surface area contributed by atoms with E-state index >= 15 is 0 Å². The molecule has 0 saturated heterocycles. The van der Waals surface area contributed by atoms with Gasteiger partial charge in [-0.3, -0.25) is 4.90 Å². The van der Waals surface area contributed by atoms with Crippen LogP contribution in [0.1, 0.15) is 29.8 Å². The molecule has 1 aliphatic heterocycles. The lowest BCUT2D eigenvalue weighted by Crippen LogP contribution is -2.42. The fourth-order valence-electron chi connectivity index (χ4n) is 4.74. The van der Waals surface area contributed by atoms with Crippen molar-refractivity contribution in [1.29, 1.82) is 0 Å². The topological polar surface area (TPSA) is 43.7 Å². The second-order valence-corrected chi connectivity index (χ2v) is 8.69. The molecule has 3 aromatic carbocycles. The first-order valence-electron chi connectivity index (χ1n) is 11.2. The van der Waals surface area contributed by atoms with E-state index in [2.05, 4.69) is 4.57 Å². The van der Waals surface area contributed by atoms with Crippen molar-refractivity contribution in [3.05, 3.63) is 94.4 Å². The second kappa shape index (κ2) is 9.03. The van der Waals surface area contributed by atoms with Gasteiger partial charge in [-0.2, -0.15) is 0 Å². The molecule has 1 atom stereocenters. The second-order valence-electron chi connectivity index (χ2n) is 8.25. The first-order chi connectivity index (χ1) is 16.5. The monoisotopic (exact) mass is 478 g/mol. The Bertz CT molecular complexity index is 1350. The molecule has 1 amide bonds. The Balaban J connectivity index is 1.60. The zero-order valence-corrected chi connectivity index (χ0v) is 19.7. The van der Waals surface area contributed by atoms with Crippen LogP contribution in [0.3, 0.4) is 0 Å². The number of aryl methyl sites for hydroxylation is 1. The molecule has 2 heterocycles. The SMILES string of the molecule is CCOc1ccc(C2c3c(c4cc(Cl)ccc4n3C)CCN2C(=O)Oc2ccc(F)cc2)cc1. The molecular formula is C27H24ClFN2O3. The van der Waals surface area contributed by atoms with Crippen LogP contribution in [0, 0.1) is 5.82 Å². The number of aromatic nitrogens is 1. The lowest BCUT2D eigenvalue weighted by molar-refractivity contribution is 0.134. The van der Waals surface area contributed by atoms with Crippen LogP contribution in [0.2, 0.25) is 5.02 Å². The summed E-state index contributed by atoms with van der Waals surface area (Å²) in [5.41, 5.74) is 4.19. The quantitative estimate of drug-likeness (QED) is 0.335. The molecule has 0 fully saturated rings. The molecule has 174 valence electrons. The molecule has 4 aromatic rings. The summed E-state index contributed by atoms with van der Waals surface area (Å²) in [4.78, 5) is 15.1. The predicted molar refractivity (Wildman–Crippen MR) is 130 cm³/mol. The highest BCUT2D eigenvalue weighted by Crippen LogP contribution is 2.41. The number of carbonyl (C=O) groups excluding carboxylic acids is 1. The molecule has 1 aromatic heterocycles. The smallest absolute Gasteiger partial charge is 0.416 e. The molecule has 5 rings (SSSR count). The zero-order valence-electron chi connectivity index (χ0n) is 18.9. The Hall–Kier alpha value is -3.51. The van der Waals surface area contributed by atoms with Crippen LogP contribution >= 0.6 is 11.6 Å². The first-order valence-corrected chi connectivity index (χ1v) is 11.6. The molecule has 0 spiro atoms. The van der Waals surface area contributed by atoms with Gasteiger partial charge in [0.05, 0.1) is 6.61 Å². The van der Waals surface area contributed by atoms with Gasteiger partial charge in [0.1, 0.15) is 23.4 Å². The standard InChI is InChI=1S/C27H24ClFN2O3/c1-3-33-20-9-4-17(5-10-20)25-26-22(23-16-18(28)6-13-24(23)30(26)2)14-15-31(25)27(32)34-21-11-7-19(29)8-12-21/h4-13,16,25H,3,14-15H2,1-2H3. The van der Waals surface area contributed by atoms with E-state index in [1.54, 1.807) is 4.90 Å². The van der Waals surface area contributed by atoms with E-state index in [0.717, 1.165) is 27.9 Å². The van der Waals surface area contributed by atoms with E-state index in [4.69, 9.17) is 21.1 Å². The number of nitrogens with zero attached hydrogens (tertiary/aromatic N) is 2. The fourth-order valence-corrected chi connectivity index (χ4v) is 4.91. The molecule has 0 bridgehead atoms. The van der Waals surface area contributed by atoms with E-state index in [0.29, 0.717) is 30.3 Å². The van der Waals surface area contributed by atoms with Crippen LogP contribution in [-0.2, 0) is 13.5 Å². The van der Waals surface area contributed by atoms with Crippen molar-refractivity contribution in [3.8, 4) is 11.5 Å². The minimum absolute atomic E-state index is 0.298. The average Bonchev–Trinajstić information content (AvgIpc) is 3.12. The Morgan fingerprint density at radius 2 is 1.76 bits per heavy atom. The van der Waals surface area contributed by atoms with E-state index in [1.807, 2.05) is 56.4 Å². The molecule has 0 radical (unpaired) electrons. The van der Waals surface area contributed by atoms with Crippen LogP contribution in [-0.4, -0.2) is 28.7 Å². The van der Waals surface area contributed by atoms with Crippen LogP contribution < -0.4 is 9.47 Å². The van der Waals surface area contributed by atoms with Crippen molar-refractivity contribution in [2.24, 2.45) is 7.05 Å². The molecule has 7 heteroatoms. The van der Waals surface area contributed by atoms with Crippen molar-refractivity contribution in [2.45, 2.75) is 19.4 Å². The van der Waals surface area contributed by atoms with Crippen molar-refractivity contribution in [1.82, 2.24) is 9.47 Å². The molecule has 0 saturated carbocycles. The summed E-state index contributed by atoms with van der Waals surface area (Å²) in [5.74, 6) is 0.682. The molecule has 5 nitrogen and oxygen atoms in total. The van der Waals surface area contributed by atoms with E-state index < -0.39 is 6.09 Å². The number of ether oxygens (including phenoxy) is 2. The number of hydrogen-bond acceptors (Lipinski definition) is 3. The number of benzene rings is 3. The average molecular weight is 479 g/mol. The normalized spacial score (nSPS) is 15.3. The van der Waals surface area contributed by atoms with Crippen LogP contribution in [0.15, 0.2) is 66.7 Å². The van der Waals surface area contributed by atoms with Gasteiger partial charge in [0.2, 0.25) is 0 Å². The highest BCUT2D eigenvalue weighted by Gasteiger charge is 2.37. The van der Waals surface area contributed by atoms with Crippen molar-refractivity contribution in [2.75, 3.05) is 13.2 Å². The van der Waals surface area contributed by atoms with Gasteiger partial charge in [-0.05, 0) is 79.1 Å². The van der Waals surface area contributed by atoms with Crippen LogP contribution in [0.4, 0.5) is 9.18 Å². The van der Waals surface area contributed by atoms with Gasteiger partial charge in [0.25, 0.3) is 0 Å². The Morgan fingerprint density at radius 3 is 2.47 bits per heavy atom. The molecular weight excluding hydrogens is 455 g/mol. The first kappa shape index (κ1) is 22.3. The Kier molecular flexibility index (Phi) is 5.92. The van der Waals surface area contributed by atoms with Gasteiger partial charge in [-0.1, -0.05) is 23.7 Å². The minimum Gasteiger partial charge on any atom is -0.494 e. The minimum atomic E-state index is -0.487. The largest absolute Gasteiger partial charge is 0.494 e. The maximum atomic E-state index is 13.4. The Morgan fingerprint density at radius 1 is 1.06 bits per heavy atom. The van der Waals surface area contributed by atoms with Crippen LogP contribution in [0.25, 0.3) is 10.9 Å². The number of fused-ring (bicyclic) bond motifs is 3. The van der Waals surface area contributed by atoms with Gasteiger partial charge in [-0.15, -0.1) is 0 Å². The van der Waals surface area contributed by atoms with E-state index in [-0.39, 0.29) is 11.9 Å². The maximum Gasteiger partial charge on any atom is 0.416 e. The Labute approximate surface area is 202 Å². The summed E-state index contributed by atoms with van der Waals surface area (Å²) in [7, 11) is 2.01. The number of rotatable bonds is 4. The van der Waals surface area contributed by atoms with Gasteiger partial charge < -0.3 is 14.0 Å². The van der Waals surface area contributed by atoms with Crippen LogP contribution in [0.5, 0.6) is 11.5 Å². The number of hydrogen-bond donors (Lipinski definition) is 0. The third-order valence-corrected chi connectivity index (χ3v) is 6.48. The third-order valence-electron chi connectivity index (χ3n) is 6.25. The summed E-state index contributed by atoms with van der Waals surface area (Å²) in [6.07, 6.45) is 0.179. The lowest BCUT2D eigenvalue weighted by Gasteiger charge is -2.36. The lowest BCUT2D eigenvalue weighted by atomic mass is 9.92. The zero-order chi connectivity index (χ0) is 23.8. The summed E-state index contributed by atoms with van der Waals surface area (Å²) >= 11 is 6.32. The van der Waals surface area contributed by atoms with Gasteiger partial charge in [0.15, 0.2) is 0 Å². The van der Waals surface area contributed by atoms with Crippen molar-refractivity contribution < 1.29 is 18.7 Å². The van der Waals surface area contributed by atoms with E-state index in [9.17, 15) is 9.18 Å². The summed E-state index contributed by atoms with van der Waals surface area (Å²) in [6, 6.07) is 18.7. The molecule has 1 aliphatic rings. The van der Waals surface area contributed by atoms with Crippen molar-refractivity contribution >= 4 is 28.6 Å². The number of carbonyl (C=O) groups is 1. The highest BCUT2D eigenvalue weighted by molar-refractivity contribution is 6.31. The summed E-state index contributed by atoms with van der Waals surface area (Å²) in [6.45, 7) is 2.98. The van der Waals surface area contributed by atoms with E-state index in [1.165, 1.54) is 29.8 Å². The summed E-state index contributed by atoms with van der Waals surface area (Å²) in [5, 5.41) is 1.77. The number of halogens is 2. The highest BCUT2D eigenvalue weighted by atomic mass is 35.5. The van der Waals surface area contributed by atoms with Gasteiger partial charge in [0, 0.05) is 35.2 Å². The summed E-state index contributed by atoms with van der Waals surface area (Å²) < 4.78 is 26.7.